The molecule has 0 aliphatic carbocycles. The molecular formula is C19H21FN4O2. The van der Waals surface area contributed by atoms with Crippen LogP contribution in [0.3, 0.4) is 0 Å². The highest BCUT2D eigenvalue weighted by molar-refractivity contribution is 5.77. The average Bonchev–Trinajstić information content (AvgIpc) is 3.17. The Labute approximate surface area is 151 Å². The predicted octanol–water partition coefficient (Wildman–Crippen LogP) is 3.00. The van der Waals surface area contributed by atoms with Crippen LogP contribution in [0.15, 0.2) is 41.2 Å². The Balaban J connectivity index is 1.79. The van der Waals surface area contributed by atoms with Crippen LogP contribution in [0.1, 0.15) is 40.9 Å². The van der Waals surface area contributed by atoms with E-state index < -0.39 is 6.04 Å². The molecule has 1 unspecified atom stereocenters. The highest BCUT2D eigenvalue weighted by atomic mass is 19.1. The summed E-state index contributed by atoms with van der Waals surface area (Å²) in [5.74, 6) is 0.707. The van der Waals surface area contributed by atoms with Crippen LogP contribution in [0, 0.1) is 19.7 Å². The number of benzene rings is 1. The third-order valence-corrected chi connectivity index (χ3v) is 4.42. The summed E-state index contributed by atoms with van der Waals surface area (Å²) in [6.07, 6.45) is 4.15. The minimum Gasteiger partial charge on any atom is -0.361 e. The molecule has 2 aromatic heterocycles. The van der Waals surface area contributed by atoms with Gasteiger partial charge in [0, 0.05) is 37.0 Å². The zero-order chi connectivity index (χ0) is 18.7. The van der Waals surface area contributed by atoms with Crippen molar-refractivity contribution in [3.63, 3.8) is 0 Å². The number of aryl methyl sites for hydroxylation is 3. The molecule has 1 atom stereocenters. The van der Waals surface area contributed by atoms with Crippen LogP contribution in [0.2, 0.25) is 0 Å². The summed E-state index contributed by atoms with van der Waals surface area (Å²) in [5, 5.41) is 6.80. The number of carbonyl (C=O) groups is 1. The zero-order valence-electron chi connectivity index (χ0n) is 15.0. The van der Waals surface area contributed by atoms with Crippen LogP contribution in [0.4, 0.5) is 4.39 Å². The van der Waals surface area contributed by atoms with Gasteiger partial charge in [0.15, 0.2) is 0 Å². The van der Waals surface area contributed by atoms with E-state index in [0.29, 0.717) is 23.6 Å². The van der Waals surface area contributed by atoms with Gasteiger partial charge in [0.1, 0.15) is 23.4 Å². The van der Waals surface area contributed by atoms with Crippen LogP contribution in [-0.2, 0) is 18.3 Å². The second-order valence-electron chi connectivity index (χ2n) is 6.22. The molecule has 1 amide bonds. The monoisotopic (exact) mass is 356 g/mol. The van der Waals surface area contributed by atoms with E-state index in [-0.39, 0.29) is 18.1 Å². The number of halogens is 1. The summed E-state index contributed by atoms with van der Waals surface area (Å²) in [6.45, 7) is 3.67. The van der Waals surface area contributed by atoms with Crippen molar-refractivity contribution in [1.29, 1.82) is 0 Å². The summed E-state index contributed by atoms with van der Waals surface area (Å²) < 4.78 is 21.2. The van der Waals surface area contributed by atoms with Crippen molar-refractivity contribution in [2.75, 3.05) is 0 Å². The maximum atomic E-state index is 14.3. The first kappa shape index (κ1) is 17.8. The minimum atomic E-state index is -0.659. The first-order valence-corrected chi connectivity index (χ1v) is 8.40. The van der Waals surface area contributed by atoms with Gasteiger partial charge in [-0.15, -0.1) is 0 Å². The van der Waals surface area contributed by atoms with E-state index in [1.807, 2.05) is 20.9 Å². The molecule has 6 nitrogen and oxygen atoms in total. The lowest BCUT2D eigenvalue weighted by Crippen LogP contribution is -2.31. The third kappa shape index (κ3) is 3.66. The number of hydrogen-bond donors (Lipinski definition) is 1. The van der Waals surface area contributed by atoms with Gasteiger partial charge in [0.25, 0.3) is 0 Å². The molecule has 0 radical (unpaired) electrons. The molecule has 2 heterocycles. The Morgan fingerprint density at radius 3 is 2.73 bits per heavy atom. The van der Waals surface area contributed by atoms with Gasteiger partial charge in [0.05, 0.1) is 5.69 Å². The summed E-state index contributed by atoms with van der Waals surface area (Å²) in [4.78, 5) is 16.8. The fraction of sp³-hybridized carbons (Fsp3) is 0.316. The van der Waals surface area contributed by atoms with E-state index in [4.69, 9.17) is 4.52 Å². The summed E-state index contributed by atoms with van der Waals surface area (Å²) in [5.41, 5.74) is 2.09. The maximum absolute atomic E-state index is 14.3. The average molecular weight is 356 g/mol. The fourth-order valence-corrected chi connectivity index (χ4v) is 2.98. The van der Waals surface area contributed by atoms with Gasteiger partial charge in [-0.1, -0.05) is 23.4 Å². The van der Waals surface area contributed by atoms with Crippen molar-refractivity contribution in [2.24, 2.45) is 7.05 Å². The number of nitrogens with one attached hydrogen (secondary N) is 1. The fourth-order valence-electron chi connectivity index (χ4n) is 2.98. The van der Waals surface area contributed by atoms with E-state index in [2.05, 4.69) is 15.5 Å². The number of nitrogens with zero attached hydrogens (tertiary/aromatic N) is 3. The molecular weight excluding hydrogens is 335 g/mol. The number of rotatable bonds is 6. The lowest BCUT2D eigenvalue weighted by Gasteiger charge is -2.19. The highest BCUT2D eigenvalue weighted by Crippen LogP contribution is 2.23. The molecule has 1 N–H and O–H groups in total. The Morgan fingerprint density at radius 2 is 2.12 bits per heavy atom. The second-order valence-corrected chi connectivity index (χ2v) is 6.22. The van der Waals surface area contributed by atoms with Crippen LogP contribution < -0.4 is 5.32 Å². The minimum absolute atomic E-state index is 0.193. The van der Waals surface area contributed by atoms with Gasteiger partial charge in [-0.3, -0.25) is 4.79 Å². The quantitative estimate of drug-likeness (QED) is 0.737. The van der Waals surface area contributed by atoms with E-state index in [0.717, 1.165) is 11.3 Å². The third-order valence-electron chi connectivity index (χ3n) is 4.42. The van der Waals surface area contributed by atoms with Gasteiger partial charge in [-0.25, -0.2) is 9.37 Å². The van der Waals surface area contributed by atoms with Gasteiger partial charge < -0.3 is 14.4 Å². The van der Waals surface area contributed by atoms with Crippen molar-refractivity contribution in [1.82, 2.24) is 20.0 Å². The predicted molar refractivity (Wildman–Crippen MR) is 93.9 cm³/mol. The van der Waals surface area contributed by atoms with Crippen molar-refractivity contribution >= 4 is 5.91 Å². The molecule has 0 bridgehead atoms. The molecule has 3 rings (SSSR count). The first-order chi connectivity index (χ1) is 12.5. The molecule has 0 aliphatic rings. The Morgan fingerprint density at radius 1 is 1.35 bits per heavy atom. The second kappa shape index (κ2) is 7.51. The normalized spacial score (nSPS) is 12.2. The summed E-state index contributed by atoms with van der Waals surface area (Å²) >= 11 is 0. The maximum Gasteiger partial charge on any atom is 0.221 e. The molecule has 3 aromatic rings. The SMILES string of the molecule is Cc1noc(C)c1CCC(=O)NC(c1ccccc1F)c1nccn1C. The Bertz CT molecular complexity index is 896. The van der Waals surface area contributed by atoms with Crippen molar-refractivity contribution in [3.05, 3.63) is 70.9 Å². The van der Waals surface area contributed by atoms with E-state index in [1.54, 1.807) is 35.2 Å². The highest BCUT2D eigenvalue weighted by Gasteiger charge is 2.23. The van der Waals surface area contributed by atoms with E-state index >= 15 is 0 Å². The number of carbonyl (C=O) groups excluding carboxylic acids is 1. The van der Waals surface area contributed by atoms with Crippen LogP contribution >= 0.6 is 0 Å². The molecule has 7 heteroatoms. The standard InChI is InChI=1S/C19H21FN4O2/c1-12-14(13(2)26-23-12)8-9-17(25)22-18(19-21-10-11-24(19)3)15-6-4-5-7-16(15)20/h4-7,10-11,18H,8-9H2,1-3H3,(H,22,25). The first-order valence-electron chi connectivity index (χ1n) is 8.40. The van der Waals surface area contributed by atoms with E-state index in [9.17, 15) is 9.18 Å². The smallest absolute Gasteiger partial charge is 0.221 e. The van der Waals surface area contributed by atoms with Gasteiger partial charge in [-0.2, -0.15) is 0 Å². The zero-order valence-corrected chi connectivity index (χ0v) is 15.0. The Kier molecular flexibility index (Phi) is 5.16. The van der Waals surface area contributed by atoms with Gasteiger partial charge >= 0.3 is 0 Å². The molecule has 1 aromatic carbocycles. The molecule has 0 saturated carbocycles. The number of amides is 1. The lowest BCUT2D eigenvalue weighted by atomic mass is 10.0. The Hall–Kier alpha value is -2.96. The number of imidazole rings is 1. The van der Waals surface area contributed by atoms with Crippen LogP contribution in [0.5, 0.6) is 0 Å². The lowest BCUT2D eigenvalue weighted by molar-refractivity contribution is -0.121. The number of hydrogen-bond acceptors (Lipinski definition) is 4. The summed E-state index contributed by atoms with van der Waals surface area (Å²) in [7, 11) is 1.81. The van der Waals surface area contributed by atoms with Crippen molar-refractivity contribution in [2.45, 2.75) is 32.7 Å². The van der Waals surface area contributed by atoms with Gasteiger partial charge in [0.2, 0.25) is 5.91 Å². The van der Waals surface area contributed by atoms with E-state index in [1.165, 1.54) is 6.07 Å². The van der Waals surface area contributed by atoms with Crippen molar-refractivity contribution < 1.29 is 13.7 Å². The molecule has 0 fully saturated rings. The molecule has 0 saturated heterocycles. The molecule has 0 aliphatic heterocycles. The number of aromatic nitrogens is 3. The topological polar surface area (TPSA) is 73.0 Å². The van der Waals surface area contributed by atoms with Crippen molar-refractivity contribution in [3.8, 4) is 0 Å². The molecule has 0 spiro atoms. The largest absolute Gasteiger partial charge is 0.361 e. The van der Waals surface area contributed by atoms with Crippen LogP contribution in [-0.4, -0.2) is 20.6 Å². The van der Waals surface area contributed by atoms with Gasteiger partial charge in [-0.05, 0) is 26.3 Å². The molecule has 136 valence electrons. The van der Waals surface area contributed by atoms with Crippen LogP contribution in [0.25, 0.3) is 0 Å². The summed E-state index contributed by atoms with van der Waals surface area (Å²) in [6, 6.07) is 5.73. The molecule has 26 heavy (non-hydrogen) atoms.